The number of likely N-dealkylation sites (N-methyl/N-ethyl adjacent to an activating group) is 1. The molecule has 1 aromatic carbocycles. The molecule has 1 spiro atoms. The van der Waals surface area contributed by atoms with E-state index < -0.39 is 11.6 Å². The molecule has 6 rings (SSSR count). The molecule has 1 amide bonds. The monoisotopic (exact) mass is 631 g/mol. The number of Topliss-reactive ketones (excluding diaryl/α,β-unsaturated/α-hetero) is 1. The molecule has 0 aromatic heterocycles. The number of likely N-dealkylation sites (tertiary alicyclic amines) is 1. The summed E-state index contributed by atoms with van der Waals surface area (Å²) in [6, 6.07) is 5.57. The van der Waals surface area contributed by atoms with Gasteiger partial charge in [-0.15, -0.1) is 0 Å². The van der Waals surface area contributed by atoms with E-state index in [0.717, 1.165) is 28.6 Å². The minimum Gasteiger partial charge on any atom is -0.545 e. The molecule has 0 radical (unpaired) electrons. The summed E-state index contributed by atoms with van der Waals surface area (Å²) in [6.45, 7) is 12.3. The number of hydrogen-bond acceptors (Lipinski definition) is 7. The van der Waals surface area contributed by atoms with Crippen molar-refractivity contribution in [1.82, 2.24) is 9.80 Å². The van der Waals surface area contributed by atoms with Crippen LogP contribution in [-0.2, 0) is 9.59 Å². The van der Waals surface area contributed by atoms with Crippen molar-refractivity contribution in [2.45, 2.75) is 71.4 Å². The third kappa shape index (κ3) is 7.09. The van der Waals surface area contributed by atoms with Gasteiger partial charge in [-0.2, -0.15) is 0 Å². The van der Waals surface area contributed by atoms with Crippen LogP contribution in [0.5, 0.6) is 5.75 Å². The zero-order valence-electron chi connectivity index (χ0n) is 27.9. The van der Waals surface area contributed by atoms with E-state index in [1.54, 1.807) is 12.1 Å². The molecular formula is C37H42N3NaO5. The number of aliphatic imine (C=N–C) groups is 1. The molecule has 1 aromatic rings. The Bertz CT molecular complexity index is 1620. The molecule has 1 saturated carbocycles. The van der Waals surface area contributed by atoms with Crippen LogP contribution in [0.25, 0.3) is 5.57 Å². The van der Waals surface area contributed by atoms with Crippen molar-refractivity contribution in [2.75, 3.05) is 20.1 Å². The largest absolute Gasteiger partial charge is 1.00 e. The fourth-order valence-electron chi connectivity index (χ4n) is 6.59. The number of carboxylic acid groups (broad SMARTS) is 1. The number of ether oxygens (including phenoxy) is 1. The van der Waals surface area contributed by atoms with Gasteiger partial charge in [0.2, 0.25) is 0 Å². The molecule has 1 atom stereocenters. The first-order valence-corrected chi connectivity index (χ1v) is 15.9. The number of hydrogen-bond donors (Lipinski definition) is 0. The molecule has 9 heteroatoms. The normalized spacial score (nSPS) is 21.7. The average Bonchev–Trinajstić information content (AvgIpc) is 3.89. The van der Waals surface area contributed by atoms with Gasteiger partial charge in [0.05, 0.1) is 24.0 Å². The minimum absolute atomic E-state index is 0. The van der Waals surface area contributed by atoms with Gasteiger partial charge in [0.15, 0.2) is 5.78 Å². The summed E-state index contributed by atoms with van der Waals surface area (Å²) in [7, 11) is 2.03. The molecule has 1 saturated heterocycles. The molecule has 236 valence electrons. The van der Waals surface area contributed by atoms with Gasteiger partial charge in [0.25, 0.3) is 5.91 Å². The number of allylic oxidation sites excluding steroid dienone is 5. The average molecular weight is 632 g/mol. The standard InChI is InChI=1S/C35H37N3O5.C2H6.Na/c1-21-16-29(37(4)32-26(21)6-5-7-27(32)24-8-9-24)33(40)38-14-12-35(13-15-38)18-30(39)28-17-25(10-11-31(28)43-35)22(2)19-36-20-23(3)34(41)42;1-2;/h5-7,10-11,16-17,19-20,24,32H,3,8-9,12-15,18H2,1-2,4H3,(H,41,42);1-2H3;/q;;+1/p-1/b22-19+,36-20?;;. The van der Waals surface area contributed by atoms with Gasteiger partial charge >= 0.3 is 29.6 Å². The summed E-state index contributed by atoms with van der Waals surface area (Å²) in [6.07, 6.45) is 15.1. The number of rotatable bonds is 6. The van der Waals surface area contributed by atoms with Crippen LogP contribution in [0.1, 0.15) is 75.7 Å². The van der Waals surface area contributed by atoms with Crippen molar-refractivity contribution >= 4 is 29.4 Å². The van der Waals surface area contributed by atoms with E-state index in [4.69, 9.17) is 4.74 Å². The molecule has 0 bridgehead atoms. The molecule has 2 fully saturated rings. The number of benzene rings is 1. The van der Waals surface area contributed by atoms with Crippen LogP contribution in [0, 0.1) is 5.92 Å². The molecular weight excluding hydrogens is 589 g/mol. The molecule has 0 N–H and O–H groups in total. The molecule has 8 nitrogen and oxygen atoms in total. The van der Waals surface area contributed by atoms with Crippen molar-refractivity contribution in [1.29, 1.82) is 0 Å². The Balaban J connectivity index is 0.00000157. The first kappa shape index (κ1) is 35.4. The summed E-state index contributed by atoms with van der Waals surface area (Å²) >= 11 is 0. The van der Waals surface area contributed by atoms with E-state index in [-0.39, 0.29) is 59.3 Å². The summed E-state index contributed by atoms with van der Waals surface area (Å²) in [5.41, 5.74) is 5.75. The van der Waals surface area contributed by atoms with Gasteiger partial charge < -0.3 is 24.4 Å². The third-order valence-electron chi connectivity index (χ3n) is 9.29. The Kier molecular flexibility index (Phi) is 11.2. The van der Waals surface area contributed by atoms with Crippen LogP contribution in [-0.4, -0.2) is 65.5 Å². The zero-order chi connectivity index (χ0) is 32.5. The second kappa shape index (κ2) is 14.5. The maximum absolute atomic E-state index is 13.9. The molecule has 3 aliphatic heterocycles. The SMILES string of the molecule is C=C(C=N/C=C(\C)c1ccc2c(c1)C(=O)CC1(CCN(C(=O)C3=CC(C)=C4C=CC=C(C5CC5)C4N3C)CC1)O2)C(=O)[O-].CC.[Na+]. The topological polar surface area (TPSA) is 102 Å². The van der Waals surface area contributed by atoms with Gasteiger partial charge in [0, 0.05) is 51.0 Å². The maximum Gasteiger partial charge on any atom is 1.00 e. The number of fused-ring (bicyclic) bond motifs is 2. The Morgan fingerprint density at radius 2 is 1.87 bits per heavy atom. The van der Waals surface area contributed by atoms with Crippen molar-refractivity contribution in [3.63, 3.8) is 0 Å². The van der Waals surface area contributed by atoms with Gasteiger partial charge in [-0.1, -0.05) is 44.7 Å². The summed E-state index contributed by atoms with van der Waals surface area (Å²) in [4.78, 5) is 46.1. The van der Waals surface area contributed by atoms with Crippen molar-refractivity contribution in [3.8, 4) is 5.75 Å². The van der Waals surface area contributed by atoms with E-state index in [0.29, 0.717) is 43.2 Å². The Morgan fingerprint density at radius 1 is 1.17 bits per heavy atom. The van der Waals surface area contributed by atoms with Crippen LogP contribution in [0.15, 0.2) is 88.3 Å². The number of carboxylic acids is 1. The third-order valence-corrected chi connectivity index (χ3v) is 9.29. The first-order chi connectivity index (χ1) is 21.6. The van der Waals surface area contributed by atoms with Crippen LogP contribution < -0.4 is 39.4 Å². The Labute approximate surface area is 294 Å². The van der Waals surface area contributed by atoms with E-state index in [2.05, 4.69) is 41.6 Å². The first-order valence-electron chi connectivity index (χ1n) is 15.9. The quantitative estimate of drug-likeness (QED) is 0.271. The van der Waals surface area contributed by atoms with Crippen LogP contribution in [0.4, 0.5) is 0 Å². The fraction of sp³-hybridized carbons (Fsp3) is 0.405. The number of ketones is 1. The number of amides is 1. The predicted molar refractivity (Wildman–Crippen MR) is 174 cm³/mol. The van der Waals surface area contributed by atoms with Crippen molar-refractivity contribution in [3.05, 3.63) is 94.4 Å². The molecule has 46 heavy (non-hydrogen) atoms. The second-order valence-electron chi connectivity index (χ2n) is 12.3. The number of aliphatic carboxylic acids is 1. The van der Waals surface area contributed by atoms with Gasteiger partial charge in [0.1, 0.15) is 17.0 Å². The minimum atomic E-state index is -1.38. The zero-order valence-corrected chi connectivity index (χ0v) is 29.9. The van der Waals surface area contributed by atoms with Gasteiger partial charge in [-0.25, -0.2) is 0 Å². The van der Waals surface area contributed by atoms with Crippen LogP contribution >= 0.6 is 0 Å². The fourth-order valence-corrected chi connectivity index (χ4v) is 6.59. The van der Waals surface area contributed by atoms with E-state index in [1.807, 2.05) is 44.9 Å². The van der Waals surface area contributed by atoms with Gasteiger partial charge in [-0.3, -0.25) is 14.6 Å². The van der Waals surface area contributed by atoms with Crippen LogP contribution in [0.3, 0.4) is 0 Å². The second-order valence-corrected chi connectivity index (χ2v) is 12.3. The smallest absolute Gasteiger partial charge is 0.545 e. The van der Waals surface area contributed by atoms with Crippen molar-refractivity contribution in [2.24, 2.45) is 10.9 Å². The van der Waals surface area contributed by atoms with E-state index >= 15 is 0 Å². The molecule has 2 aliphatic carbocycles. The Morgan fingerprint density at radius 3 is 2.52 bits per heavy atom. The maximum atomic E-state index is 13.9. The number of nitrogens with zero attached hydrogens (tertiary/aromatic N) is 3. The molecule has 3 heterocycles. The van der Waals surface area contributed by atoms with Gasteiger partial charge in [-0.05, 0) is 78.7 Å². The Hall–Kier alpha value is -3.46. The summed E-state index contributed by atoms with van der Waals surface area (Å²) in [5.74, 6) is -0.177. The van der Waals surface area contributed by atoms with E-state index in [1.165, 1.54) is 30.2 Å². The van der Waals surface area contributed by atoms with Crippen LogP contribution in [0.2, 0.25) is 0 Å². The number of carbonyl (C=O) groups excluding carboxylic acids is 3. The predicted octanol–water partition coefficient (Wildman–Crippen LogP) is 2.20. The summed E-state index contributed by atoms with van der Waals surface area (Å²) < 4.78 is 6.50. The molecule has 5 aliphatic rings. The van der Waals surface area contributed by atoms with Crippen molar-refractivity contribution < 1.29 is 53.8 Å². The molecule has 1 unspecified atom stereocenters. The van der Waals surface area contributed by atoms with E-state index in [9.17, 15) is 19.5 Å². The number of piperidine rings is 1. The summed E-state index contributed by atoms with van der Waals surface area (Å²) in [5, 5.41) is 10.8. The number of carbonyl (C=O) groups is 3.